The third-order valence-electron chi connectivity index (χ3n) is 2.31. The monoisotopic (exact) mass is 183 g/mol. The minimum atomic E-state index is 0.904. The average Bonchev–Trinajstić information content (AvgIpc) is 2.59. The van der Waals surface area contributed by atoms with Gasteiger partial charge in [0, 0.05) is 6.20 Å². The minimum Gasteiger partial charge on any atom is -0.297 e. The molecule has 0 bridgehead atoms. The third kappa shape index (κ3) is 0.923. The van der Waals surface area contributed by atoms with E-state index in [1.807, 2.05) is 31.3 Å². The highest BCUT2D eigenvalue weighted by molar-refractivity contribution is 5.77. The van der Waals surface area contributed by atoms with Crippen molar-refractivity contribution >= 4 is 16.7 Å². The molecule has 3 rings (SSSR count). The lowest BCUT2D eigenvalue weighted by atomic mass is 10.3. The number of hydrogen-bond acceptors (Lipinski definition) is 2. The molecule has 1 aromatic carbocycles. The zero-order chi connectivity index (χ0) is 9.54. The van der Waals surface area contributed by atoms with Crippen LogP contribution in [0.4, 0.5) is 0 Å². The fourth-order valence-electron chi connectivity index (χ4n) is 1.70. The smallest absolute Gasteiger partial charge is 0.156 e. The van der Waals surface area contributed by atoms with Crippen molar-refractivity contribution in [1.29, 1.82) is 0 Å². The molecular weight excluding hydrogens is 174 g/mol. The van der Waals surface area contributed by atoms with Crippen molar-refractivity contribution < 1.29 is 0 Å². The second kappa shape index (κ2) is 2.54. The van der Waals surface area contributed by atoms with Gasteiger partial charge < -0.3 is 0 Å². The summed E-state index contributed by atoms with van der Waals surface area (Å²) in [7, 11) is 0. The standard InChI is InChI=1S/C11H9N3/c1-8-7-14-10-5-3-2-4-9(10)12-6-11(14)13-8/h2-7H,1H3. The molecular formula is C11H9N3. The number of hydrogen-bond donors (Lipinski definition) is 0. The molecule has 0 aliphatic heterocycles. The summed E-state index contributed by atoms with van der Waals surface area (Å²) in [6.45, 7) is 1.99. The summed E-state index contributed by atoms with van der Waals surface area (Å²) in [6, 6.07) is 8.06. The number of aryl methyl sites for hydroxylation is 1. The van der Waals surface area contributed by atoms with E-state index in [1.165, 1.54) is 0 Å². The van der Waals surface area contributed by atoms with Crippen LogP contribution in [0.25, 0.3) is 16.7 Å². The Bertz CT molecular complexity index is 610. The molecule has 68 valence electrons. The molecule has 0 amide bonds. The normalized spacial score (nSPS) is 11.2. The van der Waals surface area contributed by atoms with Crippen molar-refractivity contribution in [3.8, 4) is 0 Å². The van der Waals surface area contributed by atoms with Crippen LogP contribution in [0.3, 0.4) is 0 Å². The van der Waals surface area contributed by atoms with E-state index in [0.717, 1.165) is 22.4 Å². The Labute approximate surface area is 81.0 Å². The quantitative estimate of drug-likeness (QED) is 0.534. The first-order valence-corrected chi connectivity index (χ1v) is 4.54. The number of para-hydroxylation sites is 2. The molecule has 0 saturated carbocycles. The van der Waals surface area contributed by atoms with E-state index in [2.05, 4.69) is 20.4 Å². The van der Waals surface area contributed by atoms with Gasteiger partial charge in [0.15, 0.2) is 5.65 Å². The predicted octanol–water partition coefficient (Wildman–Crippen LogP) is 2.19. The molecule has 3 aromatic rings. The van der Waals surface area contributed by atoms with Crippen LogP contribution in [0.5, 0.6) is 0 Å². The van der Waals surface area contributed by atoms with Gasteiger partial charge in [-0.2, -0.15) is 0 Å². The fourth-order valence-corrected chi connectivity index (χ4v) is 1.70. The number of rotatable bonds is 0. The zero-order valence-corrected chi connectivity index (χ0v) is 7.81. The van der Waals surface area contributed by atoms with Crippen LogP contribution in [0.15, 0.2) is 36.7 Å². The first-order chi connectivity index (χ1) is 6.84. The molecule has 3 nitrogen and oxygen atoms in total. The average molecular weight is 183 g/mol. The molecule has 0 unspecified atom stereocenters. The van der Waals surface area contributed by atoms with E-state index in [0.29, 0.717) is 0 Å². The summed E-state index contributed by atoms with van der Waals surface area (Å²) >= 11 is 0. The first kappa shape index (κ1) is 7.50. The number of benzene rings is 1. The third-order valence-corrected chi connectivity index (χ3v) is 2.31. The van der Waals surface area contributed by atoms with Gasteiger partial charge in [0.25, 0.3) is 0 Å². The van der Waals surface area contributed by atoms with Crippen LogP contribution in [0.2, 0.25) is 0 Å². The van der Waals surface area contributed by atoms with Gasteiger partial charge in [-0.3, -0.25) is 9.38 Å². The van der Waals surface area contributed by atoms with E-state index in [9.17, 15) is 0 Å². The molecule has 3 heteroatoms. The van der Waals surface area contributed by atoms with Crippen molar-refractivity contribution in [2.24, 2.45) is 0 Å². The molecule has 0 aliphatic carbocycles. The largest absolute Gasteiger partial charge is 0.297 e. The number of nitrogens with zero attached hydrogens (tertiary/aromatic N) is 3. The Balaban J connectivity index is 2.60. The number of imidazole rings is 1. The predicted molar refractivity (Wildman–Crippen MR) is 55.2 cm³/mol. The minimum absolute atomic E-state index is 0.904. The molecule has 0 N–H and O–H groups in total. The summed E-state index contributed by atoms with van der Waals surface area (Å²) < 4.78 is 2.07. The molecule has 0 fully saturated rings. The number of fused-ring (bicyclic) bond motifs is 3. The van der Waals surface area contributed by atoms with E-state index in [1.54, 1.807) is 6.20 Å². The molecule has 0 atom stereocenters. The van der Waals surface area contributed by atoms with Gasteiger partial charge in [-0.25, -0.2) is 4.98 Å². The van der Waals surface area contributed by atoms with Crippen LogP contribution in [0.1, 0.15) is 5.69 Å². The molecule has 0 spiro atoms. The number of aromatic nitrogens is 3. The van der Waals surface area contributed by atoms with E-state index >= 15 is 0 Å². The highest BCUT2D eigenvalue weighted by Crippen LogP contribution is 2.13. The van der Waals surface area contributed by atoms with Gasteiger partial charge in [-0.05, 0) is 19.1 Å². The van der Waals surface area contributed by atoms with Crippen molar-refractivity contribution in [2.75, 3.05) is 0 Å². The molecule has 2 heterocycles. The summed E-state index contributed by atoms with van der Waals surface area (Å²) in [6.07, 6.45) is 3.83. The van der Waals surface area contributed by atoms with E-state index < -0.39 is 0 Å². The summed E-state index contributed by atoms with van der Waals surface area (Å²) in [5, 5.41) is 0. The maximum atomic E-state index is 4.36. The topological polar surface area (TPSA) is 30.2 Å². The fraction of sp³-hybridized carbons (Fsp3) is 0.0909. The van der Waals surface area contributed by atoms with Gasteiger partial charge in [-0.1, -0.05) is 12.1 Å². The van der Waals surface area contributed by atoms with Crippen molar-refractivity contribution in [3.63, 3.8) is 0 Å². The SMILES string of the molecule is Cc1cn2c(cnc3ccccc32)n1. The second-order valence-electron chi connectivity index (χ2n) is 3.36. The van der Waals surface area contributed by atoms with E-state index in [4.69, 9.17) is 0 Å². The van der Waals surface area contributed by atoms with Crippen LogP contribution < -0.4 is 0 Å². The Morgan fingerprint density at radius 3 is 3.00 bits per heavy atom. The maximum absolute atomic E-state index is 4.36. The van der Waals surface area contributed by atoms with Gasteiger partial charge in [-0.15, -0.1) is 0 Å². The summed E-state index contributed by atoms with van der Waals surface area (Å²) in [4.78, 5) is 8.70. The molecule has 14 heavy (non-hydrogen) atoms. The van der Waals surface area contributed by atoms with Crippen LogP contribution in [-0.2, 0) is 0 Å². The Kier molecular flexibility index (Phi) is 1.36. The maximum Gasteiger partial charge on any atom is 0.156 e. The van der Waals surface area contributed by atoms with Gasteiger partial charge in [0.1, 0.15) is 0 Å². The summed E-state index contributed by atoms with van der Waals surface area (Å²) in [5.74, 6) is 0. The molecule has 0 saturated heterocycles. The van der Waals surface area contributed by atoms with Crippen LogP contribution >= 0.6 is 0 Å². The summed E-state index contributed by atoms with van der Waals surface area (Å²) in [5.41, 5.74) is 4.02. The Morgan fingerprint density at radius 2 is 2.07 bits per heavy atom. The highest BCUT2D eigenvalue weighted by atomic mass is 15.0. The Morgan fingerprint density at radius 1 is 1.21 bits per heavy atom. The first-order valence-electron chi connectivity index (χ1n) is 4.54. The van der Waals surface area contributed by atoms with Crippen molar-refractivity contribution in [1.82, 2.24) is 14.4 Å². The van der Waals surface area contributed by atoms with Gasteiger partial charge in [0.2, 0.25) is 0 Å². The van der Waals surface area contributed by atoms with E-state index in [-0.39, 0.29) is 0 Å². The zero-order valence-electron chi connectivity index (χ0n) is 7.81. The molecule has 2 aromatic heterocycles. The van der Waals surface area contributed by atoms with Crippen LogP contribution in [-0.4, -0.2) is 14.4 Å². The van der Waals surface area contributed by atoms with Crippen molar-refractivity contribution in [3.05, 3.63) is 42.4 Å². The van der Waals surface area contributed by atoms with Gasteiger partial charge >= 0.3 is 0 Å². The molecule has 0 aliphatic rings. The Hall–Kier alpha value is -1.90. The lowest BCUT2D eigenvalue weighted by Crippen LogP contribution is -1.88. The van der Waals surface area contributed by atoms with Crippen molar-refractivity contribution in [2.45, 2.75) is 6.92 Å². The van der Waals surface area contributed by atoms with Gasteiger partial charge in [0.05, 0.1) is 22.9 Å². The molecule has 0 radical (unpaired) electrons. The highest BCUT2D eigenvalue weighted by Gasteiger charge is 2.01. The lowest BCUT2D eigenvalue weighted by Gasteiger charge is -1.99. The lowest BCUT2D eigenvalue weighted by molar-refractivity contribution is 1.21. The second-order valence-corrected chi connectivity index (χ2v) is 3.36. The van der Waals surface area contributed by atoms with Crippen LogP contribution in [0, 0.1) is 6.92 Å².